The fraction of sp³-hybridized carbons (Fsp3) is 0.200. The fourth-order valence-corrected chi connectivity index (χ4v) is 3.51. The number of carbonyl (C=O) groups is 2. The van der Waals surface area contributed by atoms with Crippen molar-refractivity contribution in [1.29, 1.82) is 5.26 Å². The van der Waals surface area contributed by atoms with E-state index in [1.807, 2.05) is 0 Å². The van der Waals surface area contributed by atoms with Gasteiger partial charge in [-0.2, -0.15) is 10.4 Å². The van der Waals surface area contributed by atoms with E-state index in [2.05, 4.69) is 15.8 Å². The molecule has 1 atom stereocenters. The number of halogens is 1. The fourth-order valence-electron chi connectivity index (χ4n) is 3.24. The number of hydrazone groups is 1. The Morgan fingerprint density at radius 1 is 1.42 bits per heavy atom. The largest absolute Gasteiger partial charge is 0.375 e. The van der Waals surface area contributed by atoms with Crippen molar-refractivity contribution < 1.29 is 19.6 Å². The summed E-state index contributed by atoms with van der Waals surface area (Å²) in [5.74, 6) is -1.44. The summed E-state index contributed by atoms with van der Waals surface area (Å²) < 4.78 is 0. The summed E-state index contributed by atoms with van der Waals surface area (Å²) in [7, 11) is 0. The predicted octanol–water partition coefficient (Wildman–Crippen LogP) is 2.52. The van der Waals surface area contributed by atoms with Gasteiger partial charge in [0, 0.05) is 34.7 Å². The number of anilines is 1. The molecule has 3 rings (SSSR count). The van der Waals surface area contributed by atoms with Crippen molar-refractivity contribution in [1.82, 2.24) is 5.43 Å². The molecule has 1 heterocycles. The third kappa shape index (κ3) is 4.37. The maximum atomic E-state index is 12.7. The molecule has 0 bridgehead atoms. The van der Waals surface area contributed by atoms with E-state index in [1.54, 1.807) is 19.1 Å². The van der Waals surface area contributed by atoms with Gasteiger partial charge in [-0.3, -0.25) is 19.7 Å². The Morgan fingerprint density at radius 3 is 2.84 bits per heavy atom. The number of carbonyl (C=O) groups excluding carboxylic acids is 2. The second-order valence-electron chi connectivity index (χ2n) is 6.87. The molecule has 0 aliphatic carbocycles. The first kappa shape index (κ1) is 21.9. The predicted molar refractivity (Wildman–Crippen MR) is 111 cm³/mol. The smallest absolute Gasteiger partial charge is 0.270 e. The molecule has 0 spiro atoms. The topological polar surface area (TPSA) is 158 Å². The Hall–Kier alpha value is -3.81. The van der Waals surface area contributed by atoms with Gasteiger partial charge in [-0.25, -0.2) is 5.43 Å². The van der Waals surface area contributed by atoms with Gasteiger partial charge in [0.1, 0.15) is 6.42 Å². The average Bonchev–Trinajstić information content (AvgIpc) is 2.96. The van der Waals surface area contributed by atoms with Crippen LogP contribution in [-0.2, 0) is 15.2 Å². The van der Waals surface area contributed by atoms with E-state index in [1.165, 1.54) is 30.3 Å². The number of hydrogen-bond donors (Lipinski definition) is 3. The van der Waals surface area contributed by atoms with Crippen LogP contribution in [0.3, 0.4) is 0 Å². The quantitative estimate of drug-likeness (QED) is 0.355. The standard InChI is InChI=1S/C20H16ClN5O5/c1-11-7-13(21)9-15-18(11)23-19(28)20(15,29)10-16(24-25-17(27)5-6-22)12-3-2-4-14(8-12)26(30)31/h2-4,7-9,29H,5,10H2,1H3,(H,23,28)(H,25,27)/b24-16+/t20-/m0/s1. The van der Waals surface area contributed by atoms with Crippen molar-refractivity contribution in [3.8, 4) is 6.07 Å². The zero-order valence-corrected chi connectivity index (χ0v) is 16.9. The van der Waals surface area contributed by atoms with Gasteiger partial charge >= 0.3 is 0 Å². The van der Waals surface area contributed by atoms with Gasteiger partial charge in [-0.1, -0.05) is 23.7 Å². The molecule has 11 heteroatoms. The van der Waals surface area contributed by atoms with Crippen LogP contribution in [0.1, 0.15) is 29.5 Å². The number of fused-ring (bicyclic) bond motifs is 1. The van der Waals surface area contributed by atoms with Gasteiger partial charge in [0.2, 0.25) is 0 Å². The Kier molecular flexibility index (Phi) is 6.01. The summed E-state index contributed by atoms with van der Waals surface area (Å²) in [4.78, 5) is 35.0. The van der Waals surface area contributed by atoms with Gasteiger partial charge in [-0.15, -0.1) is 0 Å². The van der Waals surface area contributed by atoms with Crippen molar-refractivity contribution in [3.63, 3.8) is 0 Å². The lowest BCUT2D eigenvalue weighted by Gasteiger charge is -2.22. The highest BCUT2D eigenvalue weighted by atomic mass is 35.5. The number of nitro benzene ring substituents is 1. The van der Waals surface area contributed by atoms with Crippen LogP contribution < -0.4 is 10.7 Å². The molecule has 0 fully saturated rings. The number of hydrogen-bond acceptors (Lipinski definition) is 7. The highest BCUT2D eigenvalue weighted by molar-refractivity contribution is 6.31. The zero-order chi connectivity index (χ0) is 22.8. The summed E-state index contributed by atoms with van der Waals surface area (Å²) in [6.45, 7) is 1.72. The number of benzene rings is 2. The normalized spacial score (nSPS) is 17.5. The molecule has 1 aliphatic rings. The molecular formula is C20H16ClN5O5. The van der Waals surface area contributed by atoms with Gasteiger partial charge in [-0.05, 0) is 24.6 Å². The molecule has 31 heavy (non-hydrogen) atoms. The Bertz CT molecular complexity index is 1170. The van der Waals surface area contributed by atoms with Gasteiger partial charge < -0.3 is 10.4 Å². The first-order chi connectivity index (χ1) is 14.7. The van der Waals surface area contributed by atoms with E-state index in [-0.39, 0.29) is 22.5 Å². The number of nitriles is 1. The number of rotatable bonds is 6. The van der Waals surface area contributed by atoms with Gasteiger partial charge in [0.25, 0.3) is 17.5 Å². The minimum absolute atomic E-state index is 0.00174. The van der Waals surface area contributed by atoms with Crippen LogP contribution in [0.5, 0.6) is 0 Å². The molecule has 0 radical (unpaired) electrons. The molecule has 158 valence electrons. The van der Waals surface area contributed by atoms with E-state index in [0.717, 1.165) is 0 Å². The lowest BCUT2D eigenvalue weighted by molar-refractivity contribution is -0.384. The lowest BCUT2D eigenvalue weighted by atomic mass is 9.87. The molecule has 3 N–H and O–H groups in total. The van der Waals surface area contributed by atoms with Crippen LogP contribution >= 0.6 is 11.6 Å². The minimum Gasteiger partial charge on any atom is -0.375 e. The molecule has 0 aromatic heterocycles. The van der Waals surface area contributed by atoms with Crippen LogP contribution in [-0.4, -0.2) is 27.6 Å². The number of nitrogens with one attached hydrogen (secondary N) is 2. The first-order valence-corrected chi connectivity index (χ1v) is 9.35. The molecule has 0 saturated carbocycles. The molecule has 2 amide bonds. The highest BCUT2D eigenvalue weighted by Crippen LogP contribution is 2.42. The Balaban J connectivity index is 2.07. The van der Waals surface area contributed by atoms with E-state index in [0.29, 0.717) is 16.3 Å². The van der Waals surface area contributed by atoms with Crippen LogP contribution in [0.25, 0.3) is 0 Å². The molecule has 0 unspecified atom stereocenters. The number of non-ortho nitro benzene ring substituents is 1. The van der Waals surface area contributed by atoms with Crippen molar-refractivity contribution in [2.45, 2.75) is 25.4 Å². The van der Waals surface area contributed by atoms with Crippen molar-refractivity contribution in [2.24, 2.45) is 5.10 Å². The summed E-state index contributed by atoms with van der Waals surface area (Å²) >= 11 is 6.11. The molecular weight excluding hydrogens is 426 g/mol. The summed E-state index contributed by atoms with van der Waals surface area (Å²) in [6, 6.07) is 10.1. The molecule has 2 aromatic carbocycles. The van der Waals surface area contributed by atoms with E-state index in [9.17, 15) is 24.8 Å². The third-order valence-electron chi connectivity index (χ3n) is 4.73. The third-order valence-corrected chi connectivity index (χ3v) is 4.95. The Morgan fingerprint density at radius 2 is 2.16 bits per heavy atom. The first-order valence-electron chi connectivity index (χ1n) is 8.97. The van der Waals surface area contributed by atoms with Gasteiger partial charge in [0.15, 0.2) is 5.60 Å². The van der Waals surface area contributed by atoms with Gasteiger partial charge in [0.05, 0.1) is 22.4 Å². The van der Waals surface area contributed by atoms with E-state index < -0.39 is 35.2 Å². The molecule has 1 aliphatic heterocycles. The van der Waals surface area contributed by atoms with Crippen molar-refractivity contribution >= 4 is 40.5 Å². The van der Waals surface area contributed by atoms with Crippen molar-refractivity contribution in [3.05, 3.63) is 68.2 Å². The summed E-state index contributed by atoms with van der Waals surface area (Å²) in [5, 5.41) is 38.0. The average molecular weight is 442 g/mol. The number of aliphatic hydroxyl groups is 1. The highest BCUT2D eigenvalue weighted by Gasteiger charge is 2.47. The van der Waals surface area contributed by atoms with Crippen LogP contribution in [0.4, 0.5) is 11.4 Å². The second kappa shape index (κ2) is 8.51. The molecule has 0 saturated heterocycles. The molecule has 2 aromatic rings. The number of nitrogens with zero attached hydrogens (tertiary/aromatic N) is 3. The number of amides is 2. The number of aryl methyl sites for hydroxylation is 1. The number of nitro groups is 1. The summed E-state index contributed by atoms with van der Waals surface area (Å²) in [5.41, 5.74) is 1.32. The van der Waals surface area contributed by atoms with E-state index >= 15 is 0 Å². The van der Waals surface area contributed by atoms with Crippen LogP contribution in [0.15, 0.2) is 41.5 Å². The lowest BCUT2D eigenvalue weighted by Crippen LogP contribution is -2.37. The minimum atomic E-state index is -2.09. The Labute approximate surface area is 181 Å². The van der Waals surface area contributed by atoms with Crippen LogP contribution in [0.2, 0.25) is 5.02 Å². The molecule has 10 nitrogen and oxygen atoms in total. The van der Waals surface area contributed by atoms with E-state index in [4.69, 9.17) is 16.9 Å². The van der Waals surface area contributed by atoms with Crippen LogP contribution in [0, 0.1) is 28.4 Å². The summed E-state index contributed by atoms with van der Waals surface area (Å²) in [6.07, 6.45) is -0.881. The second-order valence-corrected chi connectivity index (χ2v) is 7.31. The monoisotopic (exact) mass is 441 g/mol. The van der Waals surface area contributed by atoms with Crippen molar-refractivity contribution in [2.75, 3.05) is 5.32 Å². The SMILES string of the molecule is Cc1cc(Cl)cc2c1NC(=O)[C@]2(O)C/C(=N\NC(=O)CC#N)c1cccc([N+](=O)[O-])c1. The zero-order valence-electron chi connectivity index (χ0n) is 16.2. The maximum Gasteiger partial charge on any atom is 0.270 e. The maximum absolute atomic E-state index is 12.7.